The van der Waals surface area contributed by atoms with Crippen molar-refractivity contribution in [3.63, 3.8) is 0 Å². The molecule has 4 N–H and O–H groups in total. The van der Waals surface area contributed by atoms with Crippen LogP contribution in [0.15, 0.2) is 30.7 Å². The molecule has 1 amide bonds. The van der Waals surface area contributed by atoms with Gasteiger partial charge in [-0.2, -0.15) is 13.2 Å². The summed E-state index contributed by atoms with van der Waals surface area (Å²) in [5.74, 6) is -2.38. The van der Waals surface area contributed by atoms with E-state index in [1.807, 2.05) is 0 Å². The lowest BCUT2D eigenvalue weighted by Gasteiger charge is -2.23. The van der Waals surface area contributed by atoms with Gasteiger partial charge in [-0.05, 0) is 18.9 Å². The fourth-order valence-electron chi connectivity index (χ4n) is 3.97. The van der Waals surface area contributed by atoms with Crippen LogP contribution >= 0.6 is 0 Å². The maximum Gasteiger partial charge on any atom is 0.405 e. The average Bonchev–Trinajstić information content (AvgIpc) is 3.10. The number of fused-ring (bicyclic) bond motifs is 1. The lowest BCUT2D eigenvalue weighted by atomic mass is 10.1. The number of aromatic nitrogens is 3. The summed E-state index contributed by atoms with van der Waals surface area (Å²) >= 11 is 0. The summed E-state index contributed by atoms with van der Waals surface area (Å²) in [4.78, 5) is 22.4. The van der Waals surface area contributed by atoms with Gasteiger partial charge in [0.25, 0.3) is 5.91 Å². The number of imidazole rings is 1. The van der Waals surface area contributed by atoms with Crippen molar-refractivity contribution in [3.05, 3.63) is 59.3 Å². The predicted molar refractivity (Wildman–Crippen MR) is 118 cm³/mol. The Labute approximate surface area is 196 Å². The summed E-state index contributed by atoms with van der Waals surface area (Å²) in [6.07, 6.45) is 0.862. The van der Waals surface area contributed by atoms with E-state index in [-0.39, 0.29) is 34.3 Å². The number of carbonyl (C=O) groups is 1. The Morgan fingerprint density at radius 2 is 1.97 bits per heavy atom. The lowest BCUT2D eigenvalue weighted by Crippen LogP contribution is -2.40. The molecule has 1 saturated heterocycles. The molecule has 1 aliphatic rings. The van der Waals surface area contributed by atoms with E-state index in [2.05, 4.69) is 15.3 Å². The Morgan fingerprint density at radius 1 is 1.20 bits per heavy atom. The van der Waals surface area contributed by atoms with Crippen LogP contribution in [-0.2, 0) is 0 Å². The van der Waals surface area contributed by atoms with Gasteiger partial charge in [0.2, 0.25) is 0 Å². The second kappa shape index (κ2) is 9.56. The molecule has 186 valence electrons. The fraction of sp³-hybridized carbons (Fsp3) is 0.364. The molecule has 3 aromatic rings. The van der Waals surface area contributed by atoms with Gasteiger partial charge >= 0.3 is 6.18 Å². The normalized spacial score (nSPS) is 16.9. The maximum atomic E-state index is 14.0. The number of nitrogens with two attached hydrogens (primary N) is 1. The molecule has 4 rings (SSSR count). The first-order chi connectivity index (χ1) is 16.5. The fourth-order valence-corrected chi connectivity index (χ4v) is 3.97. The number of hydrogen-bond acceptors (Lipinski definition) is 6. The first-order valence-corrected chi connectivity index (χ1v) is 10.8. The first-order valence-electron chi connectivity index (χ1n) is 10.8. The van der Waals surface area contributed by atoms with Crippen LogP contribution in [0.4, 0.5) is 27.6 Å². The van der Waals surface area contributed by atoms with Crippen LogP contribution in [0.1, 0.15) is 41.0 Å². The van der Waals surface area contributed by atoms with Crippen molar-refractivity contribution in [1.29, 1.82) is 5.41 Å². The van der Waals surface area contributed by atoms with E-state index in [0.29, 0.717) is 19.2 Å². The van der Waals surface area contributed by atoms with Crippen molar-refractivity contribution in [2.75, 3.05) is 25.0 Å². The SMILES string of the molecule is N=C(c1cnc(C(=O)N2CCCCC(N)C2)cc1NCC(F)(F)F)c1cnc2c(F)cc(F)cn12. The summed E-state index contributed by atoms with van der Waals surface area (Å²) in [6, 6.07) is 1.55. The molecular weight excluding hydrogens is 473 g/mol. The van der Waals surface area contributed by atoms with Crippen molar-refractivity contribution in [2.45, 2.75) is 31.5 Å². The largest absolute Gasteiger partial charge is 0.405 e. The highest BCUT2D eigenvalue weighted by Gasteiger charge is 2.29. The van der Waals surface area contributed by atoms with E-state index in [4.69, 9.17) is 11.1 Å². The highest BCUT2D eigenvalue weighted by atomic mass is 19.4. The standard InChI is InChI=1S/C22H22F5N7O/c23-12-5-15(24)20-31-8-18(34(20)9-12)19(29)14-7-30-17(6-16(14)32-11-22(25,26)27)21(35)33-4-2-1-3-13(28)10-33/h5-9,13,29H,1-4,10-11,28H2,(H,30,32). The summed E-state index contributed by atoms with van der Waals surface area (Å²) in [5, 5.41) is 10.7. The zero-order chi connectivity index (χ0) is 25.3. The van der Waals surface area contributed by atoms with E-state index >= 15 is 0 Å². The van der Waals surface area contributed by atoms with Crippen LogP contribution in [0, 0.1) is 17.0 Å². The van der Waals surface area contributed by atoms with Crippen LogP contribution in [-0.4, -0.2) is 62.7 Å². The molecule has 0 spiro atoms. The molecule has 3 aromatic heterocycles. The minimum atomic E-state index is -4.58. The highest BCUT2D eigenvalue weighted by molar-refractivity contribution is 6.13. The topological polar surface area (TPSA) is 112 Å². The molecule has 0 radical (unpaired) electrons. The Kier molecular flexibility index (Phi) is 6.70. The number of carbonyl (C=O) groups excluding carboxylic acids is 1. The van der Waals surface area contributed by atoms with Crippen LogP contribution in [0.2, 0.25) is 0 Å². The number of nitrogens with one attached hydrogen (secondary N) is 2. The molecule has 1 aliphatic heterocycles. The summed E-state index contributed by atoms with van der Waals surface area (Å²) in [6.45, 7) is -0.700. The second-order valence-electron chi connectivity index (χ2n) is 8.31. The molecule has 35 heavy (non-hydrogen) atoms. The third-order valence-corrected chi connectivity index (χ3v) is 5.65. The number of hydrogen-bond donors (Lipinski definition) is 3. The van der Waals surface area contributed by atoms with Crippen molar-refractivity contribution in [3.8, 4) is 0 Å². The first kappa shape index (κ1) is 24.5. The lowest BCUT2D eigenvalue weighted by molar-refractivity contribution is -0.115. The van der Waals surface area contributed by atoms with Gasteiger partial charge in [-0.15, -0.1) is 0 Å². The van der Waals surface area contributed by atoms with Gasteiger partial charge in [0.15, 0.2) is 11.5 Å². The molecule has 0 saturated carbocycles. The smallest absolute Gasteiger partial charge is 0.376 e. The van der Waals surface area contributed by atoms with Gasteiger partial charge in [-0.3, -0.25) is 19.6 Å². The molecule has 0 aliphatic carbocycles. The number of pyridine rings is 2. The molecular formula is C22H22F5N7O. The van der Waals surface area contributed by atoms with E-state index in [1.54, 1.807) is 0 Å². The molecule has 4 heterocycles. The van der Waals surface area contributed by atoms with Crippen molar-refractivity contribution < 1.29 is 26.7 Å². The van der Waals surface area contributed by atoms with Crippen LogP contribution < -0.4 is 11.1 Å². The van der Waals surface area contributed by atoms with Crippen LogP contribution in [0.5, 0.6) is 0 Å². The Hall–Kier alpha value is -3.61. The highest BCUT2D eigenvalue weighted by Crippen LogP contribution is 2.25. The third-order valence-electron chi connectivity index (χ3n) is 5.65. The minimum Gasteiger partial charge on any atom is -0.376 e. The Bertz CT molecular complexity index is 1270. The number of halogens is 5. The Balaban J connectivity index is 1.72. The molecule has 0 bridgehead atoms. The van der Waals surface area contributed by atoms with Crippen molar-refractivity contribution >= 4 is 23.0 Å². The van der Waals surface area contributed by atoms with E-state index < -0.39 is 36.0 Å². The van der Waals surface area contributed by atoms with Crippen LogP contribution in [0.25, 0.3) is 5.65 Å². The van der Waals surface area contributed by atoms with Gasteiger partial charge in [0.1, 0.15) is 18.1 Å². The summed E-state index contributed by atoms with van der Waals surface area (Å²) in [7, 11) is 0. The summed E-state index contributed by atoms with van der Waals surface area (Å²) < 4.78 is 67.7. The van der Waals surface area contributed by atoms with E-state index in [1.165, 1.54) is 4.90 Å². The van der Waals surface area contributed by atoms with Gasteiger partial charge in [-0.1, -0.05) is 6.42 Å². The monoisotopic (exact) mass is 495 g/mol. The van der Waals surface area contributed by atoms with E-state index in [0.717, 1.165) is 48.3 Å². The summed E-state index contributed by atoms with van der Waals surface area (Å²) in [5.41, 5.74) is 4.88. The second-order valence-corrected chi connectivity index (χ2v) is 8.31. The Morgan fingerprint density at radius 3 is 2.71 bits per heavy atom. The van der Waals surface area contributed by atoms with E-state index in [9.17, 15) is 26.7 Å². The maximum absolute atomic E-state index is 14.0. The number of amides is 1. The molecule has 0 aromatic carbocycles. The zero-order valence-electron chi connectivity index (χ0n) is 18.4. The predicted octanol–water partition coefficient (Wildman–Crippen LogP) is 3.35. The van der Waals surface area contributed by atoms with Gasteiger partial charge < -0.3 is 16.0 Å². The molecule has 8 nitrogen and oxygen atoms in total. The number of nitrogens with zero attached hydrogens (tertiary/aromatic N) is 4. The quantitative estimate of drug-likeness (QED) is 0.371. The number of likely N-dealkylation sites (tertiary alicyclic amines) is 1. The number of anilines is 1. The third kappa shape index (κ3) is 5.39. The van der Waals surface area contributed by atoms with Crippen molar-refractivity contribution in [2.24, 2.45) is 5.73 Å². The number of alkyl halides is 3. The molecule has 1 fully saturated rings. The van der Waals surface area contributed by atoms with Crippen LogP contribution in [0.3, 0.4) is 0 Å². The van der Waals surface area contributed by atoms with Gasteiger partial charge in [0, 0.05) is 48.8 Å². The van der Waals surface area contributed by atoms with Gasteiger partial charge in [0.05, 0.1) is 17.6 Å². The average molecular weight is 495 g/mol. The molecule has 1 unspecified atom stereocenters. The van der Waals surface area contributed by atoms with Crippen molar-refractivity contribution in [1.82, 2.24) is 19.3 Å². The minimum absolute atomic E-state index is 0.0761. The molecule has 13 heteroatoms. The zero-order valence-corrected chi connectivity index (χ0v) is 18.4. The molecule has 1 atom stereocenters. The number of rotatable bonds is 5. The van der Waals surface area contributed by atoms with Gasteiger partial charge in [-0.25, -0.2) is 13.8 Å².